The van der Waals surface area contributed by atoms with E-state index < -0.39 is 0 Å². The highest BCUT2D eigenvalue weighted by Crippen LogP contribution is 2.21. The van der Waals surface area contributed by atoms with Crippen LogP contribution in [0, 0.1) is 0 Å². The molecule has 0 amide bonds. The molecule has 3 heteroatoms. The van der Waals surface area contributed by atoms with Crippen LogP contribution in [0.5, 0.6) is 0 Å². The Kier molecular flexibility index (Phi) is 38.0. The van der Waals surface area contributed by atoms with Crippen molar-refractivity contribution in [1.29, 1.82) is 0 Å². The van der Waals surface area contributed by atoms with Gasteiger partial charge in [-0.05, 0) is 51.9 Å². The third-order valence-corrected chi connectivity index (χ3v) is 9.85. The van der Waals surface area contributed by atoms with Gasteiger partial charge < -0.3 is 16.4 Å². The molecule has 0 radical (unpaired) electrons. The second-order valence-electron chi connectivity index (χ2n) is 14.1. The van der Waals surface area contributed by atoms with Crippen LogP contribution >= 0.6 is 0 Å². The van der Waals surface area contributed by atoms with Gasteiger partial charge >= 0.3 is 0 Å². The highest BCUT2D eigenvalue weighted by molar-refractivity contribution is 4.73. The molecule has 0 rings (SSSR count). The summed E-state index contributed by atoms with van der Waals surface area (Å²) < 4.78 is 0. The van der Waals surface area contributed by atoms with Crippen molar-refractivity contribution >= 4 is 0 Å². The molecule has 1 atom stereocenters. The lowest BCUT2D eigenvalue weighted by Crippen LogP contribution is -2.38. The first kappa shape index (κ1) is 42.9. The van der Waals surface area contributed by atoms with E-state index in [1.807, 2.05) is 0 Å². The van der Waals surface area contributed by atoms with Crippen molar-refractivity contribution in [3.05, 3.63) is 0 Å². The van der Waals surface area contributed by atoms with Crippen LogP contribution in [0.25, 0.3) is 0 Å². The van der Waals surface area contributed by atoms with Gasteiger partial charge in [-0.1, -0.05) is 200 Å². The number of hydrogen-bond acceptors (Lipinski definition) is 3. The predicted octanol–water partition coefficient (Wildman–Crippen LogP) is 12.5. The molecular weight excluding hydrogens is 522 g/mol. The van der Waals surface area contributed by atoms with Gasteiger partial charge in [0.2, 0.25) is 0 Å². The first-order valence-electron chi connectivity index (χ1n) is 20.4. The van der Waals surface area contributed by atoms with Crippen LogP contribution in [-0.2, 0) is 0 Å². The van der Waals surface area contributed by atoms with Gasteiger partial charge in [0.1, 0.15) is 0 Å². The molecule has 0 aromatic heterocycles. The van der Waals surface area contributed by atoms with E-state index >= 15 is 0 Å². The van der Waals surface area contributed by atoms with Gasteiger partial charge in [0, 0.05) is 6.04 Å². The Morgan fingerprint density at radius 2 is 0.558 bits per heavy atom. The summed E-state index contributed by atoms with van der Waals surface area (Å²) in [5.74, 6) is 0. The molecule has 0 heterocycles. The lowest BCUT2D eigenvalue weighted by molar-refractivity contribution is 0.168. The van der Waals surface area contributed by atoms with E-state index in [0.717, 1.165) is 32.0 Å². The molecule has 0 bridgehead atoms. The number of nitrogens with two attached hydrogens (primary N) is 2. The number of nitrogens with zero attached hydrogens (tertiary/aromatic N) is 1. The maximum Gasteiger partial charge on any atom is 0.00952 e. The molecule has 0 aliphatic rings. The molecule has 0 saturated carbocycles. The molecule has 0 aromatic carbocycles. The van der Waals surface area contributed by atoms with Crippen LogP contribution in [-0.4, -0.2) is 37.1 Å². The highest BCUT2D eigenvalue weighted by Gasteiger charge is 2.17. The summed E-state index contributed by atoms with van der Waals surface area (Å²) in [5, 5.41) is 0. The fourth-order valence-electron chi connectivity index (χ4n) is 6.90. The van der Waals surface area contributed by atoms with Crippen LogP contribution in [0.4, 0.5) is 0 Å². The Hall–Kier alpha value is -0.120. The first-order chi connectivity index (χ1) is 21.3. The number of rotatable bonds is 38. The van der Waals surface area contributed by atoms with Gasteiger partial charge in [-0.2, -0.15) is 0 Å². The van der Waals surface area contributed by atoms with Gasteiger partial charge in [-0.25, -0.2) is 0 Å². The van der Waals surface area contributed by atoms with Crippen molar-refractivity contribution in [2.24, 2.45) is 11.5 Å². The number of hydrogen-bond donors (Lipinski definition) is 2. The van der Waals surface area contributed by atoms with Gasteiger partial charge in [0.15, 0.2) is 0 Å². The van der Waals surface area contributed by atoms with E-state index in [1.165, 1.54) is 212 Å². The topological polar surface area (TPSA) is 55.3 Å². The Labute approximate surface area is 273 Å². The molecule has 1 unspecified atom stereocenters. The predicted molar refractivity (Wildman–Crippen MR) is 197 cm³/mol. The van der Waals surface area contributed by atoms with Crippen molar-refractivity contribution in [1.82, 2.24) is 4.90 Å². The summed E-state index contributed by atoms with van der Waals surface area (Å²) in [5.41, 5.74) is 11.8. The molecule has 0 saturated heterocycles. The third-order valence-electron chi connectivity index (χ3n) is 9.85. The molecular formula is C40H85N3. The lowest BCUT2D eigenvalue weighted by atomic mass is 9.97. The maximum atomic E-state index is 5.92. The molecule has 3 nitrogen and oxygen atoms in total. The van der Waals surface area contributed by atoms with Crippen molar-refractivity contribution < 1.29 is 0 Å². The smallest absolute Gasteiger partial charge is 0.00952 e. The third kappa shape index (κ3) is 33.1. The normalized spacial score (nSPS) is 12.5. The van der Waals surface area contributed by atoms with Gasteiger partial charge in [-0.3, -0.25) is 0 Å². The average Bonchev–Trinajstić information content (AvgIpc) is 3.02. The first-order valence-corrected chi connectivity index (χ1v) is 20.4. The summed E-state index contributed by atoms with van der Waals surface area (Å²) in [6, 6.07) is 0.748. The quantitative estimate of drug-likeness (QED) is 0.0686. The Bertz CT molecular complexity index is 474. The SMILES string of the molecule is CCCCCCCCCCCCCCCCCCC(CCCCCCCCCCCCCCC)N(CCCN)CCCN. The highest BCUT2D eigenvalue weighted by atomic mass is 15.1. The maximum absolute atomic E-state index is 5.92. The molecule has 0 spiro atoms. The van der Waals surface area contributed by atoms with Crippen LogP contribution in [0.15, 0.2) is 0 Å². The summed E-state index contributed by atoms with van der Waals surface area (Å²) in [6.45, 7) is 8.56. The van der Waals surface area contributed by atoms with Crippen molar-refractivity contribution in [2.75, 3.05) is 26.2 Å². The van der Waals surface area contributed by atoms with E-state index in [1.54, 1.807) is 0 Å². The molecule has 260 valence electrons. The molecule has 0 aromatic rings. The van der Waals surface area contributed by atoms with Gasteiger partial charge in [-0.15, -0.1) is 0 Å². The van der Waals surface area contributed by atoms with E-state index in [4.69, 9.17) is 11.5 Å². The standard InChI is InChI=1S/C40H85N3/c1-3-5-7-9-11-13-15-17-18-19-21-23-25-27-29-31-35-40(43(38-32-36-41)39-33-37-42)34-30-28-26-24-22-20-16-14-12-10-8-6-4-2/h40H,3-39,41-42H2,1-2H3. The Balaban J connectivity index is 3.99. The van der Waals surface area contributed by atoms with E-state index in [-0.39, 0.29) is 0 Å². The van der Waals surface area contributed by atoms with Crippen LogP contribution in [0.3, 0.4) is 0 Å². The zero-order valence-corrected chi connectivity index (χ0v) is 30.3. The summed E-state index contributed by atoms with van der Waals surface area (Å²) in [7, 11) is 0. The zero-order chi connectivity index (χ0) is 31.3. The largest absolute Gasteiger partial charge is 0.330 e. The fraction of sp³-hybridized carbons (Fsp3) is 1.00. The average molecular weight is 608 g/mol. The fourth-order valence-corrected chi connectivity index (χ4v) is 6.90. The lowest BCUT2D eigenvalue weighted by Gasteiger charge is -2.32. The van der Waals surface area contributed by atoms with Crippen molar-refractivity contribution in [3.8, 4) is 0 Å². The summed E-state index contributed by atoms with van der Waals surface area (Å²) in [6.07, 6.45) is 46.9. The molecule has 43 heavy (non-hydrogen) atoms. The van der Waals surface area contributed by atoms with Crippen molar-refractivity contribution in [3.63, 3.8) is 0 Å². The monoisotopic (exact) mass is 608 g/mol. The van der Waals surface area contributed by atoms with E-state index in [9.17, 15) is 0 Å². The second-order valence-corrected chi connectivity index (χ2v) is 14.1. The van der Waals surface area contributed by atoms with Crippen LogP contribution < -0.4 is 11.5 Å². The van der Waals surface area contributed by atoms with E-state index in [0.29, 0.717) is 0 Å². The van der Waals surface area contributed by atoms with Gasteiger partial charge in [0.25, 0.3) is 0 Å². The summed E-state index contributed by atoms with van der Waals surface area (Å²) >= 11 is 0. The molecule has 0 aliphatic heterocycles. The van der Waals surface area contributed by atoms with Crippen LogP contribution in [0.1, 0.15) is 226 Å². The van der Waals surface area contributed by atoms with E-state index in [2.05, 4.69) is 18.7 Å². The van der Waals surface area contributed by atoms with Gasteiger partial charge in [0.05, 0.1) is 0 Å². The minimum atomic E-state index is 0.748. The van der Waals surface area contributed by atoms with Crippen LogP contribution in [0.2, 0.25) is 0 Å². The molecule has 0 fully saturated rings. The second kappa shape index (κ2) is 38.1. The van der Waals surface area contributed by atoms with Crippen molar-refractivity contribution in [2.45, 2.75) is 232 Å². The Morgan fingerprint density at radius 1 is 0.326 bits per heavy atom. The minimum Gasteiger partial charge on any atom is -0.330 e. The summed E-state index contributed by atoms with van der Waals surface area (Å²) in [4.78, 5) is 2.77. The molecule has 4 N–H and O–H groups in total. The molecule has 0 aliphatic carbocycles. The Morgan fingerprint density at radius 3 is 0.791 bits per heavy atom. The zero-order valence-electron chi connectivity index (χ0n) is 30.3. The minimum absolute atomic E-state index is 0.748. The number of unbranched alkanes of at least 4 members (excludes halogenated alkanes) is 27.